The second kappa shape index (κ2) is 10.0. The lowest BCUT2D eigenvalue weighted by molar-refractivity contribution is -0.139. The standard InChI is InChI=1S/C24H22BrFN2O4S/c1-4-31-23(29)20-14(2)27-24-28(9-10-33-24)21(20)16-11-18(25)22(19(12-16)30-3)32-13-15-5-7-17(26)8-6-15/h5-12,21H,4,13H2,1-3H3/t21-/m1/s1. The van der Waals surface area contributed by atoms with Crippen LogP contribution in [0.25, 0.3) is 0 Å². The fourth-order valence-corrected chi connectivity index (χ4v) is 5.04. The number of nitrogens with zero attached hydrogens (tertiary/aromatic N) is 2. The topological polar surface area (TPSA) is 60.4 Å². The van der Waals surface area contributed by atoms with Gasteiger partial charge < -0.3 is 19.1 Å². The fraction of sp³-hybridized carbons (Fsp3) is 0.250. The SMILES string of the molecule is CCOC(=O)C1=C(C)N=C2SC=CN2[C@@H]1c1cc(Br)c(OCc2ccc(F)cc2)c(OC)c1. The van der Waals surface area contributed by atoms with E-state index in [4.69, 9.17) is 14.2 Å². The molecule has 1 atom stereocenters. The summed E-state index contributed by atoms with van der Waals surface area (Å²) in [6.45, 7) is 4.10. The van der Waals surface area contributed by atoms with Crippen molar-refractivity contribution in [2.75, 3.05) is 13.7 Å². The van der Waals surface area contributed by atoms with E-state index in [1.165, 1.54) is 23.9 Å². The van der Waals surface area contributed by atoms with Crippen molar-refractivity contribution in [2.45, 2.75) is 26.5 Å². The Hall–Kier alpha value is -2.78. The third-order valence-corrected chi connectivity index (χ3v) is 6.54. The Morgan fingerprint density at radius 3 is 2.73 bits per heavy atom. The average molecular weight is 533 g/mol. The van der Waals surface area contributed by atoms with Gasteiger partial charge in [0, 0.05) is 6.20 Å². The summed E-state index contributed by atoms with van der Waals surface area (Å²) in [4.78, 5) is 19.4. The summed E-state index contributed by atoms with van der Waals surface area (Å²) in [5.41, 5.74) is 2.73. The van der Waals surface area contributed by atoms with Gasteiger partial charge in [-0.3, -0.25) is 0 Å². The van der Waals surface area contributed by atoms with Gasteiger partial charge in [0.05, 0.1) is 35.5 Å². The molecule has 0 aliphatic carbocycles. The number of methoxy groups -OCH3 is 1. The summed E-state index contributed by atoms with van der Waals surface area (Å²) < 4.78 is 30.8. The van der Waals surface area contributed by atoms with Gasteiger partial charge >= 0.3 is 5.97 Å². The molecule has 0 spiro atoms. The predicted octanol–water partition coefficient (Wildman–Crippen LogP) is 5.94. The number of hydrogen-bond acceptors (Lipinski definition) is 7. The molecule has 0 amide bonds. The zero-order chi connectivity index (χ0) is 23.5. The van der Waals surface area contributed by atoms with Crippen molar-refractivity contribution in [3.05, 3.63) is 80.7 Å². The van der Waals surface area contributed by atoms with Crippen LogP contribution < -0.4 is 9.47 Å². The van der Waals surface area contributed by atoms with Gasteiger partial charge in [-0.25, -0.2) is 14.2 Å². The second-order valence-electron chi connectivity index (χ2n) is 7.28. The molecule has 2 heterocycles. The maximum atomic E-state index is 13.2. The smallest absolute Gasteiger partial charge is 0.338 e. The Balaban J connectivity index is 1.70. The Kier molecular flexibility index (Phi) is 7.09. The molecule has 0 saturated carbocycles. The molecule has 0 saturated heterocycles. The molecule has 6 nitrogen and oxygen atoms in total. The molecule has 2 aromatic rings. The lowest BCUT2D eigenvalue weighted by Gasteiger charge is -2.33. The van der Waals surface area contributed by atoms with Crippen molar-refractivity contribution < 1.29 is 23.4 Å². The number of halogens is 2. The molecular formula is C24H22BrFN2O4S. The first-order chi connectivity index (χ1) is 15.9. The summed E-state index contributed by atoms with van der Waals surface area (Å²) in [5, 5.41) is 2.72. The van der Waals surface area contributed by atoms with Crippen LogP contribution >= 0.6 is 27.7 Å². The molecule has 2 aromatic carbocycles. The van der Waals surface area contributed by atoms with Crippen molar-refractivity contribution in [3.63, 3.8) is 0 Å². The van der Waals surface area contributed by atoms with Crippen molar-refractivity contribution in [1.29, 1.82) is 0 Å². The molecule has 2 aliphatic rings. The second-order valence-corrected chi connectivity index (χ2v) is 9.00. The first-order valence-corrected chi connectivity index (χ1v) is 11.9. The average Bonchev–Trinajstić information content (AvgIpc) is 3.26. The predicted molar refractivity (Wildman–Crippen MR) is 130 cm³/mol. The summed E-state index contributed by atoms with van der Waals surface area (Å²) in [5.74, 6) is 0.314. The van der Waals surface area contributed by atoms with E-state index in [0.29, 0.717) is 27.2 Å². The van der Waals surface area contributed by atoms with Crippen molar-refractivity contribution in [1.82, 2.24) is 4.90 Å². The number of benzene rings is 2. The number of ether oxygens (including phenoxy) is 3. The maximum absolute atomic E-state index is 13.2. The minimum atomic E-state index is -0.431. The Bertz CT molecular complexity index is 1160. The quantitative estimate of drug-likeness (QED) is 0.411. The summed E-state index contributed by atoms with van der Waals surface area (Å²) in [7, 11) is 1.56. The Morgan fingerprint density at radius 1 is 1.27 bits per heavy atom. The van der Waals surface area contributed by atoms with E-state index in [1.54, 1.807) is 26.2 Å². The summed E-state index contributed by atoms with van der Waals surface area (Å²) >= 11 is 5.09. The Morgan fingerprint density at radius 2 is 2.03 bits per heavy atom. The van der Waals surface area contributed by atoms with Crippen molar-refractivity contribution in [2.24, 2.45) is 4.99 Å². The van der Waals surface area contributed by atoms with Crippen LogP contribution in [-0.4, -0.2) is 29.8 Å². The number of esters is 1. The van der Waals surface area contributed by atoms with Crippen LogP contribution in [-0.2, 0) is 16.1 Å². The first-order valence-electron chi connectivity index (χ1n) is 10.3. The van der Waals surface area contributed by atoms with Crippen LogP contribution in [0.5, 0.6) is 11.5 Å². The van der Waals surface area contributed by atoms with Gasteiger partial charge in [0.1, 0.15) is 12.4 Å². The number of hydrogen-bond donors (Lipinski definition) is 0. The highest BCUT2D eigenvalue weighted by molar-refractivity contribution is 9.10. The molecule has 4 rings (SSSR count). The van der Waals surface area contributed by atoms with Gasteiger partial charge in [0.25, 0.3) is 0 Å². The van der Waals surface area contributed by atoms with Gasteiger partial charge in [-0.05, 0) is 70.6 Å². The molecule has 9 heteroatoms. The first kappa shape index (κ1) is 23.4. The third-order valence-electron chi connectivity index (χ3n) is 5.18. The number of rotatable bonds is 7. The van der Waals surface area contributed by atoms with E-state index in [-0.39, 0.29) is 19.0 Å². The van der Waals surface area contributed by atoms with Crippen molar-refractivity contribution >= 4 is 38.8 Å². The Labute approximate surface area is 204 Å². The minimum absolute atomic E-state index is 0.243. The molecule has 0 aromatic heterocycles. The number of carbonyl (C=O) groups excluding carboxylic acids is 1. The number of thioether (sulfide) groups is 1. The van der Waals surface area contributed by atoms with Gasteiger partial charge in [-0.2, -0.15) is 0 Å². The van der Waals surface area contributed by atoms with E-state index in [0.717, 1.165) is 16.3 Å². The van der Waals surface area contributed by atoms with E-state index in [9.17, 15) is 9.18 Å². The number of allylic oxidation sites excluding steroid dienone is 1. The molecule has 33 heavy (non-hydrogen) atoms. The fourth-order valence-electron chi connectivity index (χ4n) is 3.67. The monoisotopic (exact) mass is 532 g/mol. The maximum Gasteiger partial charge on any atom is 0.338 e. The van der Waals surface area contributed by atoms with Crippen LogP contribution in [0.15, 0.2) is 68.7 Å². The molecule has 0 unspecified atom stereocenters. The summed E-state index contributed by atoms with van der Waals surface area (Å²) in [6, 6.07) is 9.44. The number of carbonyl (C=O) groups is 1. The number of amidine groups is 1. The van der Waals surface area contributed by atoms with Crippen LogP contribution in [0.4, 0.5) is 4.39 Å². The van der Waals surface area contributed by atoms with Gasteiger partial charge in [0.15, 0.2) is 16.7 Å². The normalized spacial score (nSPS) is 17.1. The lowest BCUT2D eigenvalue weighted by Crippen LogP contribution is -2.34. The van der Waals surface area contributed by atoms with Gasteiger partial charge in [-0.15, -0.1) is 0 Å². The van der Waals surface area contributed by atoms with E-state index >= 15 is 0 Å². The zero-order valence-electron chi connectivity index (χ0n) is 18.3. The highest BCUT2D eigenvalue weighted by Crippen LogP contribution is 2.45. The van der Waals surface area contributed by atoms with E-state index in [1.807, 2.05) is 35.6 Å². The van der Waals surface area contributed by atoms with Crippen LogP contribution in [0.1, 0.15) is 31.0 Å². The van der Waals surface area contributed by atoms with E-state index in [2.05, 4.69) is 20.9 Å². The summed E-state index contributed by atoms with van der Waals surface area (Å²) in [6.07, 6.45) is 1.90. The molecule has 172 valence electrons. The number of fused-ring (bicyclic) bond motifs is 1. The molecular weight excluding hydrogens is 511 g/mol. The zero-order valence-corrected chi connectivity index (χ0v) is 20.7. The van der Waals surface area contributed by atoms with Crippen LogP contribution in [0.3, 0.4) is 0 Å². The molecule has 0 radical (unpaired) electrons. The minimum Gasteiger partial charge on any atom is -0.493 e. The molecule has 0 bridgehead atoms. The molecule has 0 fully saturated rings. The van der Waals surface area contributed by atoms with Crippen LogP contribution in [0.2, 0.25) is 0 Å². The van der Waals surface area contributed by atoms with E-state index < -0.39 is 12.0 Å². The van der Waals surface area contributed by atoms with Gasteiger partial charge in [-0.1, -0.05) is 23.9 Å². The van der Waals surface area contributed by atoms with Gasteiger partial charge in [0.2, 0.25) is 0 Å². The largest absolute Gasteiger partial charge is 0.493 e. The molecule has 0 N–H and O–H groups in total. The number of aliphatic imine (C=N–C) groups is 1. The molecule has 2 aliphatic heterocycles. The third kappa shape index (κ3) is 4.79. The van der Waals surface area contributed by atoms with Crippen LogP contribution in [0, 0.1) is 5.82 Å². The highest BCUT2D eigenvalue weighted by atomic mass is 79.9. The lowest BCUT2D eigenvalue weighted by atomic mass is 9.94. The highest BCUT2D eigenvalue weighted by Gasteiger charge is 2.38. The van der Waals surface area contributed by atoms with Crippen molar-refractivity contribution in [3.8, 4) is 11.5 Å².